The topological polar surface area (TPSA) is 98.7 Å². The maximum atomic E-state index is 11.8. The predicted molar refractivity (Wildman–Crippen MR) is 73.2 cm³/mol. The van der Waals surface area contributed by atoms with E-state index in [1.54, 1.807) is 0 Å². The van der Waals surface area contributed by atoms with Crippen LogP contribution in [0, 0.1) is 17.8 Å². The molecule has 0 aromatic rings. The van der Waals surface area contributed by atoms with Crippen molar-refractivity contribution in [2.24, 2.45) is 17.8 Å². The fourth-order valence-electron chi connectivity index (χ4n) is 3.79. The van der Waals surface area contributed by atoms with E-state index in [2.05, 4.69) is 10.6 Å². The molecule has 0 saturated heterocycles. The van der Waals surface area contributed by atoms with E-state index >= 15 is 0 Å². The number of fused-ring (bicyclic) bond motifs is 2. The Hall–Kier alpha value is -1.30. The molecule has 0 aliphatic heterocycles. The van der Waals surface area contributed by atoms with Crippen molar-refractivity contribution >= 4 is 12.0 Å². The highest BCUT2D eigenvalue weighted by Crippen LogP contribution is 2.49. The van der Waals surface area contributed by atoms with Gasteiger partial charge in [-0.15, -0.1) is 0 Å². The van der Waals surface area contributed by atoms with Gasteiger partial charge in [0.25, 0.3) is 0 Å². The van der Waals surface area contributed by atoms with E-state index in [0.717, 1.165) is 12.3 Å². The average molecular weight is 284 g/mol. The number of carbonyl (C=O) groups is 2. The first kappa shape index (κ1) is 15.1. The third kappa shape index (κ3) is 3.23. The Morgan fingerprint density at radius 3 is 2.30 bits per heavy atom. The van der Waals surface area contributed by atoms with E-state index in [9.17, 15) is 14.7 Å². The summed E-state index contributed by atoms with van der Waals surface area (Å²) < 4.78 is 0. The molecule has 6 atom stereocenters. The van der Waals surface area contributed by atoms with E-state index < -0.39 is 24.1 Å². The van der Waals surface area contributed by atoms with Crippen LogP contribution in [0.15, 0.2) is 0 Å². The SMILES string of the molecule is CC(O)C(NC(=O)NC(C)C1CC2CCC1C2)C(=O)O. The Morgan fingerprint density at radius 1 is 1.15 bits per heavy atom. The summed E-state index contributed by atoms with van der Waals surface area (Å²) >= 11 is 0. The molecule has 2 rings (SSSR count). The minimum Gasteiger partial charge on any atom is -0.480 e. The summed E-state index contributed by atoms with van der Waals surface area (Å²) in [6.45, 7) is 3.32. The van der Waals surface area contributed by atoms with Gasteiger partial charge in [-0.2, -0.15) is 0 Å². The Labute approximate surface area is 118 Å². The second-order valence-electron chi connectivity index (χ2n) is 6.30. The highest BCUT2D eigenvalue weighted by atomic mass is 16.4. The van der Waals surface area contributed by atoms with E-state index in [0.29, 0.717) is 11.8 Å². The van der Waals surface area contributed by atoms with Gasteiger partial charge in [0.2, 0.25) is 0 Å². The first-order valence-electron chi connectivity index (χ1n) is 7.36. The van der Waals surface area contributed by atoms with Crippen LogP contribution in [0.5, 0.6) is 0 Å². The van der Waals surface area contributed by atoms with Crippen LogP contribution >= 0.6 is 0 Å². The van der Waals surface area contributed by atoms with Crippen molar-refractivity contribution in [1.29, 1.82) is 0 Å². The second kappa shape index (κ2) is 5.99. The molecule has 2 bridgehead atoms. The molecule has 2 aliphatic rings. The number of carboxylic acid groups (broad SMARTS) is 1. The number of urea groups is 1. The van der Waals surface area contributed by atoms with Crippen molar-refractivity contribution in [3.8, 4) is 0 Å². The number of carbonyl (C=O) groups excluding carboxylic acids is 1. The number of amides is 2. The van der Waals surface area contributed by atoms with Gasteiger partial charge in [0.05, 0.1) is 6.10 Å². The molecule has 2 amide bonds. The molecule has 0 aromatic carbocycles. The van der Waals surface area contributed by atoms with Crippen LogP contribution in [0.3, 0.4) is 0 Å². The normalized spacial score (nSPS) is 32.5. The van der Waals surface area contributed by atoms with Gasteiger partial charge >= 0.3 is 12.0 Å². The lowest BCUT2D eigenvalue weighted by molar-refractivity contribution is -0.141. The molecule has 0 heterocycles. The maximum absolute atomic E-state index is 11.8. The molecule has 4 N–H and O–H groups in total. The van der Waals surface area contributed by atoms with Crippen LogP contribution in [-0.2, 0) is 4.79 Å². The summed E-state index contributed by atoms with van der Waals surface area (Å²) in [6.07, 6.45) is 3.85. The third-order valence-electron chi connectivity index (χ3n) is 4.83. The Bertz CT molecular complexity index is 385. The summed E-state index contributed by atoms with van der Waals surface area (Å²) in [5.74, 6) is 0.765. The van der Waals surface area contributed by atoms with Gasteiger partial charge in [-0.1, -0.05) is 6.42 Å². The van der Waals surface area contributed by atoms with Gasteiger partial charge in [-0.3, -0.25) is 0 Å². The Morgan fingerprint density at radius 2 is 1.85 bits per heavy atom. The van der Waals surface area contributed by atoms with Gasteiger partial charge in [-0.25, -0.2) is 9.59 Å². The first-order valence-corrected chi connectivity index (χ1v) is 7.36. The molecule has 2 saturated carbocycles. The molecular formula is C14H24N2O4. The number of aliphatic carboxylic acids is 1. The number of hydrogen-bond donors (Lipinski definition) is 4. The molecule has 0 radical (unpaired) electrons. The highest BCUT2D eigenvalue weighted by Gasteiger charge is 2.42. The standard InChI is InChI=1S/C14H24N2O4/c1-7(11-6-9-3-4-10(11)5-9)15-14(20)16-12(8(2)17)13(18)19/h7-12,17H,3-6H2,1-2H3,(H,18,19)(H2,15,16,20). The summed E-state index contributed by atoms with van der Waals surface area (Å²) in [4.78, 5) is 22.8. The number of aliphatic hydroxyl groups is 1. The van der Waals surface area contributed by atoms with Crippen molar-refractivity contribution in [3.63, 3.8) is 0 Å². The number of aliphatic hydroxyl groups excluding tert-OH is 1. The largest absolute Gasteiger partial charge is 0.480 e. The van der Waals surface area contributed by atoms with Crippen LogP contribution in [-0.4, -0.2) is 40.4 Å². The van der Waals surface area contributed by atoms with Gasteiger partial charge in [0.1, 0.15) is 0 Å². The number of hydrogen-bond acceptors (Lipinski definition) is 3. The molecule has 0 aromatic heterocycles. The smallest absolute Gasteiger partial charge is 0.328 e. The Balaban J connectivity index is 1.83. The van der Waals surface area contributed by atoms with Gasteiger partial charge in [0.15, 0.2) is 6.04 Å². The molecular weight excluding hydrogens is 260 g/mol. The summed E-state index contributed by atoms with van der Waals surface area (Å²) in [5, 5.41) is 23.4. The van der Waals surface area contributed by atoms with E-state index in [-0.39, 0.29) is 6.04 Å². The maximum Gasteiger partial charge on any atom is 0.328 e. The number of carboxylic acids is 1. The molecule has 20 heavy (non-hydrogen) atoms. The van der Waals surface area contributed by atoms with Crippen molar-refractivity contribution in [2.45, 2.75) is 57.7 Å². The summed E-state index contributed by atoms with van der Waals surface area (Å²) in [7, 11) is 0. The van der Waals surface area contributed by atoms with Crippen LogP contribution < -0.4 is 10.6 Å². The average Bonchev–Trinajstić information content (AvgIpc) is 2.97. The molecule has 6 unspecified atom stereocenters. The summed E-state index contributed by atoms with van der Waals surface area (Å²) in [6, 6.07) is -1.76. The number of rotatable bonds is 5. The van der Waals surface area contributed by atoms with Crippen LogP contribution in [0.4, 0.5) is 4.79 Å². The molecule has 6 nitrogen and oxygen atoms in total. The lowest BCUT2D eigenvalue weighted by Crippen LogP contribution is -2.53. The quantitative estimate of drug-likeness (QED) is 0.604. The van der Waals surface area contributed by atoms with Crippen LogP contribution in [0.25, 0.3) is 0 Å². The molecule has 114 valence electrons. The number of nitrogens with one attached hydrogen (secondary N) is 2. The predicted octanol–water partition coefficient (Wildman–Crippen LogP) is 0.944. The lowest BCUT2D eigenvalue weighted by atomic mass is 9.84. The zero-order chi connectivity index (χ0) is 14.9. The van der Waals surface area contributed by atoms with E-state index in [1.807, 2.05) is 6.92 Å². The Kier molecular flexibility index (Phi) is 4.52. The second-order valence-corrected chi connectivity index (χ2v) is 6.30. The first-order chi connectivity index (χ1) is 9.38. The fourth-order valence-corrected chi connectivity index (χ4v) is 3.79. The zero-order valence-electron chi connectivity index (χ0n) is 12.0. The lowest BCUT2D eigenvalue weighted by Gasteiger charge is -2.29. The van der Waals surface area contributed by atoms with E-state index in [4.69, 9.17) is 5.11 Å². The van der Waals surface area contributed by atoms with Crippen LogP contribution in [0.1, 0.15) is 39.5 Å². The third-order valence-corrected chi connectivity index (χ3v) is 4.83. The van der Waals surface area contributed by atoms with Gasteiger partial charge in [-0.05, 0) is 50.9 Å². The zero-order valence-corrected chi connectivity index (χ0v) is 12.0. The molecule has 2 fully saturated rings. The van der Waals surface area contributed by atoms with Crippen molar-refractivity contribution < 1.29 is 19.8 Å². The monoisotopic (exact) mass is 284 g/mol. The molecule has 2 aliphatic carbocycles. The van der Waals surface area contributed by atoms with E-state index in [1.165, 1.54) is 26.2 Å². The minimum atomic E-state index is -1.28. The van der Waals surface area contributed by atoms with Crippen LogP contribution in [0.2, 0.25) is 0 Å². The van der Waals surface area contributed by atoms with Gasteiger partial charge < -0.3 is 20.8 Å². The van der Waals surface area contributed by atoms with Crippen molar-refractivity contribution in [3.05, 3.63) is 0 Å². The molecule has 6 heteroatoms. The van der Waals surface area contributed by atoms with Crippen molar-refractivity contribution in [2.75, 3.05) is 0 Å². The van der Waals surface area contributed by atoms with Gasteiger partial charge in [0, 0.05) is 6.04 Å². The summed E-state index contributed by atoms with van der Waals surface area (Å²) in [5.41, 5.74) is 0. The highest BCUT2D eigenvalue weighted by molar-refractivity contribution is 5.83. The molecule has 0 spiro atoms. The van der Waals surface area contributed by atoms with Crippen molar-refractivity contribution in [1.82, 2.24) is 10.6 Å². The minimum absolute atomic E-state index is 0.0359. The fraction of sp³-hybridized carbons (Fsp3) is 0.857.